The molecule has 20 heavy (non-hydrogen) atoms. The number of hydrogen-bond acceptors (Lipinski definition) is 2. The van der Waals surface area contributed by atoms with Gasteiger partial charge in [-0.15, -0.1) is 0 Å². The van der Waals surface area contributed by atoms with Crippen LogP contribution in [0.5, 0.6) is 0 Å². The van der Waals surface area contributed by atoms with Gasteiger partial charge in [0.15, 0.2) is 0 Å². The molecule has 0 fully saturated rings. The first-order valence-electron chi connectivity index (χ1n) is 6.12. The summed E-state index contributed by atoms with van der Waals surface area (Å²) in [6, 6.07) is 18.7. The van der Waals surface area contributed by atoms with Crippen molar-refractivity contribution in [1.29, 1.82) is 0 Å². The molecule has 3 rings (SSSR count). The van der Waals surface area contributed by atoms with Gasteiger partial charge in [0, 0.05) is 16.2 Å². The van der Waals surface area contributed by atoms with Crippen molar-refractivity contribution >= 4 is 27.4 Å². The number of aromatic nitrogens is 2. The Balaban J connectivity index is 1.89. The SMILES string of the molecule is O=c1cc(Nc2ccc(Br)cc2)[nH]n1-c1ccccc1. The third-order valence-corrected chi connectivity index (χ3v) is 3.39. The van der Waals surface area contributed by atoms with Crippen molar-refractivity contribution in [2.45, 2.75) is 0 Å². The van der Waals surface area contributed by atoms with Crippen molar-refractivity contribution in [3.05, 3.63) is 75.5 Å². The number of H-pyrrole nitrogens is 1. The molecule has 0 spiro atoms. The number of aromatic amines is 1. The van der Waals surface area contributed by atoms with E-state index in [1.54, 1.807) is 0 Å². The zero-order valence-corrected chi connectivity index (χ0v) is 12.1. The smallest absolute Gasteiger partial charge is 0.273 e. The number of hydrogen-bond donors (Lipinski definition) is 2. The number of halogens is 1. The zero-order valence-electron chi connectivity index (χ0n) is 10.5. The molecule has 0 bridgehead atoms. The standard InChI is InChI=1S/C15H12BrN3O/c16-11-6-8-12(9-7-11)17-14-10-15(20)19(18-14)13-4-2-1-3-5-13/h1-10,17-18H. The fourth-order valence-corrected chi connectivity index (χ4v) is 2.18. The summed E-state index contributed by atoms with van der Waals surface area (Å²) in [5.41, 5.74) is 1.62. The second kappa shape index (κ2) is 5.38. The molecule has 1 heterocycles. The van der Waals surface area contributed by atoms with E-state index < -0.39 is 0 Å². The minimum atomic E-state index is -0.101. The van der Waals surface area contributed by atoms with Crippen molar-refractivity contribution in [3.8, 4) is 5.69 Å². The van der Waals surface area contributed by atoms with Crippen LogP contribution < -0.4 is 10.9 Å². The highest BCUT2D eigenvalue weighted by molar-refractivity contribution is 9.10. The summed E-state index contributed by atoms with van der Waals surface area (Å²) >= 11 is 3.39. The lowest BCUT2D eigenvalue weighted by Gasteiger charge is -2.04. The molecule has 0 saturated carbocycles. The molecule has 0 amide bonds. The molecule has 0 saturated heterocycles. The van der Waals surface area contributed by atoms with Crippen molar-refractivity contribution in [2.75, 3.05) is 5.32 Å². The average molecular weight is 330 g/mol. The first kappa shape index (κ1) is 12.7. The van der Waals surface area contributed by atoms with Crippen LogP contribution in [0.3, 0.4) is 0 Å². The van der Waals surface area contributed by atoms with Crippen molar-refractivity contribution in [2.24, 2.45) is 0 Å². The largest absolute Gasteiger partial charge is 0.341 e. The molecule has 1 aromatic heterocycles. The summed E-state index contributed by atoms with van der Waals surface area (Å²) in [5, 5.41) is 6.21. The Hall–Kier alpha value is -2.27. The van der Waals surface area contributed by atoms with Gasteiger partial charge < -0.3 is 5.32 Å². The number of nitrogens with zero attached hydrogens (tertiary/aromatic N) is 1. The van der Waals surface area contributed by atoms with Gasteiger partial charge in [-0.05, 0) is 36.4 Å². The van der Waals surface area contributed by atoms with Crippen LogP contribution in [0.1, 0.15) is 0 Å². The van der Waals surface area contributed by atoms with Crippen LogP contribution in [0, 0.1) is 0 Å². The lowest BCUT2D eigenvalue weighted by atomic mass is 10.3. The highest BCUT2D eigenvalue weighted by Gasteiger charge is 2.04. The van der Waals surface area contributed by atoms with Crippen LogP contribution in [0.15, 0.2) is 69.9 Å². The van der Waals surface area contributed by atoms with E-state index in [1.165, 1.54) is 10.7 Å². The Labute approximate surface area is 124 Å². The average Bonchev–Trinajstić information content (AvgIpc) is 2.83. The molecule has 0 radical (unpaired) electrons. The minimum Gasteiger partial charge on any atom is -0.341 e. The lowest BCUT2D eigenvalue weighted by Crippen LogP contribution is -2.12. The van der Waals surface area contributed by atoms with Crippen molar-refractivity contribution in [1.82, 2.24) is 9.78 Å². The fraction of sp³-hybridized carbons (Fsp3) is 0. The van der Waals surface area contributed by atoms with E-state index >= 15 is 0 Å². The predicted molar refractivity (Wildman–Crippen MR) is 83.8 cm³/mol. The summed E-state index contributed by atoms with van der Waals surface area (Å²) in [6.45, 7) is 0. The second-order valence-corrected chi connectivity index (χ2v) is 5.23. The van der Waals surface area contributed by atoms with Gasteiger partial charge in [0.1, 0.15) is 5.82 Å². The third kappa shape index (κ3) is 2.67. The molecular formula is C15H12BrN3O. The molecule has 2 N–H and O–H groups in total. The molecule has 0 unspecified atom stereocenters. The number of nitrogens with one attached hydrogen (secondary N) is 2. The summed E-state index contributed by atoms with van der Waals surface area (Å²) in [6.07, 6.45) is 0. The first-order chi connectivity index (χ1) is 9.72. The highest BCUT2D eigenvalue weighted by atomic mass is 79.9. The van der Waals surface area contributed by atoms with Gasteiger partial charge in [0.05, 0.1) is 5.69 Å². The lowest BCUT2D eigenvalue weighted by molar-refractivity contribution is 0.853. The topological polar surface area (TPSA) is 49.8 Å². The van der Waals surface area contributed by atoms with Crippen LogP contribution in [-0.2, 0) is 0 Å². The first-order valence-corrected chi connectivity index (χ1v) is 6.92. The normalized spacial score (nSPS) is 10.4. The van der Waals surface area contributed by atoms with E-state index in [9.17, 15) is 4.79 Å². The number of benzene rings is 2. The Kier molecular flexibility index (Phi) is 3.43. The number of anilines is 2. The summed E-state index contributed by atoms with van der Waals surface area (Å²) in [4.78, 5) is 12.0. The third-order valence-electron chi connectivity index (χ3n) is 2.86. The summed E-state index contributed by atoms with van der Waals surface area (Å²) < 4.78 is 2.51. The Morgan fingerprint density at radius 2 is 1.70 bits per heavy atom. The molecule has 0 aliphatic carbocycles. The maximum Gasteiger partial charge on any atom is 0.273 e. The van der Waals surface area contributed by atoms with E-state index in [-0.39, 0.29) is 5.56 Å². The van der Waals surface area contributed by atoms with Gasteiger partial charge in [0.2, 0.25) is 0 Å². The van der Waals surface area contributed by atoms with Crippen molar-refractivity contribution < 1.29 is 0 Å². The van der Waals surface area contributed by atoms with E-state index in [0.29, 0.717) is 5.82 Å². The molecular weight excluding hydrogens is 318 g/mol. The predicted octanol–water partition coefficient (Wildman–Crippen LogP) is 3.67. The highest BCUT2D eigenvalue weighted by Crippen LogP contribution is 2.17. The van der Waals surface area contributed by atoms with Crippen LogP contribution in [0.2, 0.25) is 0 Å². The van der Waals surface area contributed by atoms with Gasteiger partial charge in [-0.2, -0.15) is 0 Å². The molecule has 0 atom stereocenters. The molecule has 2 aromatic carbocycles. The van der Waals surface area contributed by atoms with E-state index in [0.717, 1.165) is 15.8 Å². The second-order valence-electron chi connectivity index (χ2n) is 4.31. The Morgan fingerprint density at radius 1 is 1.00 bits per heavy atom. The fourth-order valence-electron chi connectivity index (χ4n) is 1.92. The molecule has 3 aromatic rings. The Morgan fingerprint density at radius 3 is 2.40 bits per heavy atom. The van der Waals surface area contributed by atoms with E-state index in [1.807, 2.05) is 54.6 Å². The van der Waals surface area contributed by atoms with Gasteiger partial charge in [-0.1, -0.05) is 34.1 Å². The summed E-state index contributed by atoms with van der Waals surface area (Å²) in [5.74, 6) is 0.654. The molecule has 100 valence electrons. The monoisotopic (exact) mass is 329 g/mol. The Bertz CT molecular complexity index is 760. The van der Waals surface area contributed by atoms with Gasteiger partial charge in [-0.25, -0.2) is 4.68 Å². The number of rotatable bonds is 3. The van der Waals surface area contributed by atoms with Crippen LogP contribution in [0.25, 0.3) is 5.69 Å². The molecule has 0 aliphatic heterocycles. The molecule has 0 aliphatic rings. The van der Waals surface area contributed by atoms with Crippen LogP contribution in [-0.4, -0.2) is 9.78 Å². The maximum atomic E-state index is 12.0. The van der Waals surface area contributed by atoms with Crippen LogP contribution >= 0.6 is 15.9 Å². The zero-order chi connectivity index (χ0) is 13.9. The molecule has 5 heteroatoms. The van der Waals surface area contributed by atoms with Crippen LogP contribution in [0.4, 0.5) is 11.5 Å². The van der Waals surface area contributed by atoms with Crippen molar-refractivity contribution in [3.63, 3.8) is 0 Å². The minimum absolute atomic E-state index is 0.101. The van der Waals surface area contributed by atoms with Gasteiger partial charge in [0.25, 0.3) is 5.56 Å². The quantitative estimate of drug-likeness (QED) is 0.770. The summed E-state index contributed by atoms with van der Waals surface area (Å²) in [7, 11) is 0. The number of para-hydroxylation sites is 1. The van der Waals surface area contributed by atoms with E-state index in [4.69, 9.17) is 0 Å². The molecule has 4 nitrogen and oxygen atoms in total. The van der Waals surface area contributed by atoms with Gasteiger partial charge >= 0.3 is 0 Å². The van der Waals surface area contributed by atoms with E-state index in [2.05, 4.69) is 26.3 Å². The maximum absolute atomic E-state index is 12.0. The van der Waals surface area contributed by atoms with Gasteiger partial charge in [-0.3, -0.25) is 9.89 Å².